The average Bonchev–Trinajstić information content (AvgIpc) is 2.58. The fourth-order valence-electron chi connectivity index (χ4n) is 2.06. The summed E-state index contributed by atoms with van der Waals surface area (Å²) >= 11 is 1.54. The molecule has 1 rings (SSSR count). The van der Waals surface area contributed by atoms with Crippen LogP contribution in [0.1, 0.15) is 12.0 Å². The van der Waals surface area contributed by atoms with E-state index in [1.165, 1.54) is 11.8 Å². The molecule has 0 unspecified atom stereocenters. The zero-order valence-corrected chi connectivity index (χ0v) is 14.9. The van der Waals surface area contributed by atoms with Gasteiger partial charge in [0, 0.05) is 6.54 Å². The van der Waals surface area contributed by atoms with Crippen LogP contribution in [-0.4, -0.2) is 55.9 Å². The van der Waals surface area contributed by atoms with Gasteiger partial charge in [-0.05, 0) is 42.5 Å². The van der Waals surface area contributed by atoms with Crippen LogP contribution in [0.15, 0.2) is 18.2 Å². The maximum Gasteiger partial charge on any atom is 0.326 e. The van der Waals surface area contributed by atoms with E-state index >= 15 is 0 Å². The molecule has 1 atom stereocenters. The standard InChI is InChI=1S/C16H24N2O5S/c1-22-13-5-4-11(10-14(13)23-2)6-8-17-16(21)18-12(15(19)20)7-9-24-3/h4-5,10,12H,6-9H2,1-3H3,(H,19,20)(H2,17,18,21)/t12-/m0/s1. The van der Waals surface area contributed by atoms with Gasteiger partial charge in [0.15, 0.2) is 11.5 Å². The van der Waals surface area contributed by atoms with Crippen molar-refractivity contribution in [3.8, 4) is 11.5 Å². The van der Waals surface area contributed by atoms with Gasteiger partial charge in [0.1, 0.15) is 6.04 Å². The van der Waals surface area contributed by atoms with E-state index in [4.69, 9.17) is 14.6 Å². The van der Waals surface area contributed by atoms with E-state index in [1.54, 1.807) is 20.3 Å². The number of carbonyl (C=O) groups is 2. The zero-order valence-electron chi connectivity index (χ0n) is 14.1. The second-order valence-electron chi connectivity index (χ2n) is 5.01. The number of hydrogen-bond acceptors (Lipinski definition) is 5. The number of rotatable bonds is 10. The fourth-order valence-corrected chi connectivity index (χ4v) is 2.53. The molecule has 0 spiro atoms. The van der Waals surface area contributed by atoms with Crippen LogP contribution < -0.4 is 20.1 Å². The number of carboxylic acids is 1. The maximum absolute atomic E-state index is 11.8. The predicted molar refractivity (Wildman–Crippen MR) is 94.2 cm³/mol. The highest BCUT2D eigenvalue weighted by molar-refractivity contribution is 7.98. The minimum Gasteiger partial charge on any atom is -0.493 e. The van der Waals surface area contributed by atoms with E-state index in [9.17, 15) is 9.59 Å². The molecular formula is C16H24N2O5S. The van der Waals surface area contributed by atoms with Gasteiger partial charge in [-0.2, -0.15) is 11.8 Å². The van der Waals surface area contributed by atoms with Gasteiger partial charge >= 0.3 is 12.0 Å². The molecule has 0 aliphatic rings. The third-order valence-corrected chi connectivity index (χ3v) is 4.01. The van der Waals surface area contributed by atoms with Gasteiger partial charge in [0.05, 0.1) is 14.2 Å². The maximum atomic E-state index is 11.8. The molecular weight excluding hydrogens is 332 g/mol. The third-order valence-electron chi connectivity index (χ3n) is 3.36. The molecule has 0 aliphatic carbocycles. The summed E-state index contributed by atoms with van der Waals surface area (Å²) in [5, 5.41) is 14.2. The number of hydrogen-bond donors (Lipinski definition) is 3. The molecule has 0 fully saturated rings. The number of urea groups is 1. The molecule has 134 valence electrons. The minimum absolute atomic E-state index is 0.385. The highest BCUT2D eigenvalue weighted by atomic mass is 32.2. The van der Waals surface area contributed by atoms with Crippen molar-refractivity contribution in [2.45, 2.75) is 18.9 Å². The zero-order chi connectivity index (χ0) is 17.9. The summed E-state index contributed by atoms with van der Waals surface area (Å²) in [6.45, 7) is 0.385. The SMILES string of the molecule is COc1ccc(CCNC(=O)N[C@@H](CCSC)C(=O)O)cc1OC. The first-order valence-corrected chi connectivity index (χ1v) is 8.88. The second kappa shape index (κ2) is 10.6. The number of aliphatic carboxylic acids is 1. The van der Waals surface area contributed by atoms with Crippen LogP contribution >= 0.6 is 11.8 Å². The van der Waals surface area contributed by atoms with Gasteiger partial charge in [-0.1, -0.05) is 6.07 Å². The molecule has 2 amide bonds. The molecule has 0 saturated heterocycles. The molecule has 0 bridgehead atoms. The summed E-state index contributed by atoms with van der Waals surface area (Å²) in [5.74, 6) is 0.912. The summed E-state index contributed by atoms with van der Waals surface area (Å²) < 4.78 is 10.4. The number of thioether (sulfide) groups is 1. The average molecular weight is 356 g/mol. The Balaban J connectivity index is 2.46. The molecule has 0 aliphatic heterocycles. The lowest BCUT2D eigenvalue weighted by atomic mass is 10.1. The number of carboxylic acid groups (broad SMARTS) is 1. The lowest BCUT2D eigenvalue weighted by Gasteiger charge is -2.15. The largest absolute Gasteiger partial charge is 0.493 e. The Bertz CT molecular complexity index is 553. The Kier molecular flexibility index (Phi) is 8.85. The highest BCUT2D eigenvalue weighted by Gasteiger charge is 2.18. The molecule has 24 heavy (non-hydrogen) atoms. The van der Waals surface area contributed by atoms with Crippen LogP contribution in [0.5, 0.6) is 11.5 Å². The number of ether oxygens (including phenoxy) is 2. The van der Waals surface area contributed by atoms with Crippen molar-refractivity contribution >= 4 is 23.8 Å². The molecule has 8 heteroatoms. The van der Waals surface area contributed by atoms with E-state index in [-0.39, 0.29) is 0 Å². The molecule has 7 nitrogen and oxygen atoms in total. The van der Waals surface area contributed by atoms with E-state index in [0.29, 0.717) is 36.6 Å². The molecule has 1 aromatic rings. The minimum atomic E-state index is -1.03. The molecule has 3 N–H and O–H groups in total. The van der Waals surface area contributed by atoms with Crippen molar-refractivity contribution in [3.63, 3.8) is 0 Å². The van der Waals surface area contributed by atoms with Crippen molar-refractivity contribution in [1.29, 1.82) is 0 Å². The molecule has 0 aromatic heterocycles. The van der Waals surface area contributed by atoms with Gasteiger partial charge in [-0.25, -0.2) is 9.59 Å². The van der Waals surface area contributed by atoms with Crippen LogP contribution in [0.3, 0.4) is 0 Å². The molecule has 0 saturated carbocycles. The topological polar surface area (TPSA) is 96.9 Å². The van der Waals surface area contributed by atoms with Crippen molar-refractivity contribution in [2.75, 3.05) is 32.8 Å². The first-order valence-electron chi connectivity index (χ1n) is 7.48. The quantitative estimate of drug-likeness (QED) is 0.591. The van der Waals surface area contributed by atoms with Crippen LogP contribution in [0.4, 0.5) is 4.79 Å². The van der Waals surface area contributed by atoms with Crippen molar-refractivity contribution in [2.24, 2.45) is 0 Å². The van der Waals surface area contributed by atoms with Crippen molar-refractivity contribution in [3.05, 3.63) is 23.8 Å². The predicted octanol–water partition coefficient (Wildman–Crippen LogP) is 1.75. The second-order valence-corrected chi connectivity index (χ2v) is 6.00. The summed E-state index contributed by atoms with van der Waals surface area (Å²) in [7, 11) is 3.13. The Hall–Kier alpha value is -2.09. The Labute approximate surface area is 146 Å². The summed E-state index contributed by atoms with van der Waals surface area (Å²) in [6, 6.07) is 4.18. The number of carbonyl (C=O) groups excluding carboxylic acids is 1. The van der Waals surface area contributed by atoms with Gasteiger partial charge in [-0.3, -0.25) is 0 Å². The lowest BCUT2D eigenvalue weighted by Crippen LogP contribution is -2.46. The number of nitrogens with one attached hydrogen (secondary N) is 2. The fraction of sp³-hybridized carbons (Fsp3) is 0.500. The van der Waals surface area contributed by atoms with Crippen LogP contribution in [0.25, 0.3) is 0 Å². The van der Waals surface area contributed by atoms with Crippen LogP contribution in [0.2, 0.25) is 0 Å². The van der Waals surface area contributed by atoms with Gasteiger partial charge in [0.25, 0.3) is 0 Å². The first kappa shape index (κ1) is 20.0. The third kappa shape index (κ3) is 6.57. The summed E-state index contributed by atoms with van der Waals surface area (Å²) in [4.78, 5) is 22.9. The molecule has 1 aromatic carbocycles. The van der Waals surface area contributed by atoms with Crippen molar-refractivity contribution < 1.29 is 24.2 Å². The first-order chi connectivity index (χ1) is 11.5. The Morgan fingerprint density at radius 2 is 1.96 bits per heavy atom. The Morgan fingerprint density at radius 3 is 2.54 bits per heavy atom. The summed E-state index contributed by atoms with van der Waals surface area (Å²) in [5.41, 5.74) is 0.977. The van der Waals surface area contributed by atoms with E-state index < -0.39 is 18.0 Å². The Morgan fingerprint density at radius 1 is 1.25 bits per heavy atom. The lowest BCUT2D eigenvalue weighted by molar-refractivity contribution is -0.139. The molecule has 0 radical (unpaired) electrons. The van der Waals surface area contributed by atoms with E-state index in [1.807, 2.05) is 18.4 Å². The van der Waals surface area contributed by atoms with Gasteiger partial charge in [-0.15, -0.1) is 0 Å². The van der Waals surface area contributed by atoms with Gasteiger partial charge in [0.2, 0.25) is 0 Å². The monoisotopic (exact) mass is 356 g/mol. The number of methoxy groups -OCH3 is 2. The van der Waals surface area contributed by atoms with E-state index in [0.717, 1.165) is 5.56 Å². The normalized spacial score (nSPS) is 11.5. The van der Waals surface area contributed by atoms with E-state index in [2.05, 4.69) is 10.6 Å². The van der Waals surface area contributed by atoms with Crippen LogP contribution in [0, 0.1) is 0 Å². The molecule has 0 heterocycles. The van der Waals surface area contributed by atoms with Crippen molar-refractivity contribution in [1.82, 2.24) is 10.6 Å². The number of amides is 2. The summed E-state index contributed by atoms with van der Waals surface area (Å²) in [6.07, 6.45) is 2.87. The van der Waals surface area contributed by atoms with Gasteiger partial charge < -0.3 is 25.2 Å². The van der Waals surface area contributed by atoms with Crippen LogP contribution in [-0.2, 0) is 11.2 Å². The smallest absolute Gasteiger partial charge is 0.326 e. The number of benzene rings is 1. The highest BCUT2D eigenvalue weighted by Crippen LogP contribution is 2.27.